The highest BCUT2D eigenvalue weighted by molar-refractivity contribution is 7.89. The average Bonchev–Trinajstić information content (AvgIpc) is 2.38. The molecule has 6 nitrogen and oxygen atoms in total. The van der Waals surface area contributed by atoms with Gasteiger partial charge in [0.05, 0.1) is 4.90 Å². The van der Waals surface area contributed by atoms with Crippen molar-refractivity contribution < 1.29 is 17.9 Å². The van der Waals surface area contributed by atoms with Crippen LogP contribution < -0.4 is 5.32 Å². The van der Waals surface area contributed by atoms with Crippen LogP contribution in [0.3, 0.4) is 0 Å². The van der Waals surface area contributed by atoms with Crippen LogP contribution in [0.4, 0.5) is 4.79 Å². The van der Waals surface area contributed by atoms with E-state index < -0.39 is 21.7 Å². The van der Waals surface area contributed by atoms with Gasteiger partial charge in [0.2, 0.25) is 10.0 Å². The highest BCUT2D eigenvalue weighted by Gasteiger charge is 2.24. The van der Waals surface area contributed by atoms with Crippen LogP contribution in [0.25, 0.3) is 0 Å². The van der Waals surface area contributed by atoms with Gasteiger partial charge >= 0.3 is 6.09 Å². The molecule has 0 unspecified atom stereocenters. The zero-order valence-electron chi connectivity index (χ0n) is 15.5. The summed E-state index contributed by atoms with van der Waals surface area (Å²) in [6, 6.07) is 4.66. The van der Waals surface area contributed by atoms with E-state index in [0.29, 0.717) is 0 Å². The Kier molecular flexibility index (Phi) is 6.41. The molecule has 24 heavy (non-hydrogen) atoms. The third-order valence-electron chi connectivity index (χ3n) is 3.48. The number of likely N-dealkylation sites (N-methyl/N-ethyl adjacent to an activating group) is 1. The first-order valence-corrected chi connectivity index (χ1v) is 9.30. The smallest absolute Gasteiger partial charge is 0.407 e. The third kappa shape index (κ3) is 5.79. The van der Waals surface area contributed by atoms with Crippen molar-refractivity contribution >= 4 is 16.1 Å². The topological polar surface area (TPSA) is 75.7 Å². The number of hydrogen-bond donors (Lipinski definition) is 1. The summed E-state index contributed by atoms with van der Waals surface area (Å²) in [7, 11) is -2.11. The number of benzene rings is 1. The summed E-state index contributed by atoms with van der Waals surface area (Å²) in [6.45, 7) is 11.0. The van der Waals surface area contributed by atoms with Crippen LogP contribution >= 0.6 is 0 Å². The lowest BCUT2D eigenvalue weighted by molar-refractivity contribution is 0.0504. The first-order valence-electron chi connectivity index (χ1n) is 7.86. The summed E-state index contributed by atoms with van der Waals surface area (Å²) >= 11 is 0. The minimum absolute atomic E-state index is 0.147. The number of nitrogens with one attached hydrogen (secondary N) is 1. The van der Waals surface area contributed by atoms with E-state index in [1.54, 1.807) is 45.9 Å². The van der Waals surface area contributed by atoms with E-state index in [4.69, 9.17) is 4.74 Å². The normalized spacial score (nSPS) is 13.7. The monoisotopic (exact) mass is 356 g/mol. The van der Waals surface area contributed by atoms with Crippen LogP contribution in [0.2, 0.25) is 0 Å². The van der Waals surface area contributed by atoms with Crippen molar-refractivity contribution in [2.45, 2.75) is 58.1 Å². The van der Waals surface area contributed by atoms with E-state index >= 15 is 0 Å². The van der Waals surface area contributed by atoms with Crippen molar-refractivity contribution in [2.24, 2.45) is 0 Å². The zero-order chi connectivity index (χ0) is 18.7. The molecule has 0 radical (unpaired) electrons. The van der Waals surface area contributed by atoms with Gasteiger partial charge in [-0.25, -0.2) is 13.2 Å². The fourth-order valence-corrected chi connectivity index (χ4v) is 3.44. The highest BCUT2D eigenvalue weighted by Crippen LogP contribution is 2.18. The second-order valence-electron chi connectivity index (χ2n) is 7.08. The molecule has 0 aliphatic heterocycles. The Labute approximate surface area is 145 Å². The van der Waals surface area contributed by atoms with E-state index in [-0.39, 0.29) is 17.5 Å². The predicted octanol–water partition coefficient (Wildman–Crippen LogP) is 2.84. The van der Waals surface area contributed by atoms with Crippen LogP contribution in [0, 0.1) is 13.8 Å². The van der Waals surface area contributed by atoms with Crippen molar-refractivity contribution in [2.75, 3.05) is 13.6 Å². The summed E-state index contributed by atoms with van der Waals surface area (Å²) in [5.74, 6) is 0. The van der Waals surface area contributed by atoms with Crippen molar-refractivity contribution in [3.05, 3.63) is 29.3 Å². The Balaban J connectivity index is 2.76. The molecule has 0 aromatic heterocycles. The van der Waals surface area contributed by atoms with Crippen molar-refractivity contribution in [1.29, 1.82) is 0 Å². The maximum Gasteiger partial charge on any atom is 0.407 e. The fourth-order valence-electron chi connectivity index (χ4n) is 2.09. The van der Waals surface area contributed by atoms with Crippen molar-refractivity contribution in [1.82, 2.24) is 9.62 Å². The number of amides is 1. The van der Waals surface area contributed by atoms with Crippen LogP contribution in [-0.4, -0.2) is 44.1 Å². The number of alkyl carbamates (subject to hydrolysis) is 1. The lowest BCUT2D eigenvalue weighted by Crippen LogP contribution is -2.44. The van der Waals surface area contributed by atoms with E-state index in [2.05, 4.69) is 5.32 Å². The fraction of sp³-hybridized carbons (Fsp3) is 0.588. The van der Waals surface area contributed by atoms with Crippen LogP contribution in [0.5, 0.6) is 0 Å². The minimum Gasteiger partial charge on any atom is -0.444 e. The number of rotatable bonds is 5. The average molecular weight is 356 g/mol. The quantitative estimate of drug-likeness (QED) is 0.880. The minimum atomic E-state index is -3.60. The molecular formula is C17H28N2O4S. The number of nitrogens with zero attached hydrogens (tertiary/aromatic N) is 1. The molecular weight excluding hydrogens is 328 g/mol. The molecule has 0 spiro atoms. The molecule has 0 heterocycles. The number of sulfonamides is 1. The third-order valence-corrected chi connectivity index (χ3v) is 5.30. The molecule has 0 saturated carbocycles. The van der Waals surface area contributed by atoms with Crippen molar-refractivity contribution in [3.8, 4) is 0 Å². The Morgan fingerprint density at radius 1 is 1.25 bits per heavy atom. The van der Waals surface area contributed by atoms with Gasteiger partial charge in [-0.1, -0.05) is 6.07 Å². The number of ether oxygens (including phenoxy) is 1. The van der Waals surface area contributed by atoms with Gasteiger partial charge in [-0.05, 0) is 64.8 Å². The van der Waals surface area contributed by atoms with E-state index in [9.17, 15) is 13.2 Å². The SMILES string of the molecule is Cc1ccc(S(=O)(=O)N(C)C[C@H](C)NC(=O)OC(C)(C)C)cc1C. The van der Waals surface area contributed by atoms with Gasteiger partial charge in [0.1, 0.15) is 5.60 Å². The first kappa shape index (κ1) is 20.4. The molecule has 0 bridgehead atoms. The van der Waals surface area contributed by atoms with Gasteiger partial charge < -0.3 is 10.1 Å². The summed E-state index contributed by atoms with van der Waals surface area (Å²) in [6.07, 6.45) is -0.563. The second-order valence-corrected chi connectivity index (χ2v) is 9.12. The molecule has 1 aromatic carbocycles. The molecule has 1 rings (SSSR count). The molecule has 0 fully saturated rings. The van der Waals surface area contributed by atoms with Crippen LogP contribution in [0.1, 0.15) is 38.8 Å². The Morgan fingerprint density at radius 2 is 1.83 bits per heavy atom. The maximum absolute atomic E-state index is 12.6. The Bertz CT molecular complexity index is 693. The maximum atomic E-state index is 12.6. The molecule has 1 N–H and O–H groups in total. The summed E-state index contributed by atoms with van der Waals surface area (Å²) in [5, 5.41) is 2.64. The molecule has 1 aromatic rings. The highest BCUT2D eigenvalue weighted by atomic mass is 32.2. The van der Waals surface area contributed by atoms with E-state index in [0.717, 1.165) is 11.1 Å². The van der Waals surface area contributed by atoms with Gasteiger partial charge in [-0.3, -0.25) is 0 Å². The van der Waals surface area contributed by atoms with E-state index in [1.165, 1.54) is 11.4 Å². The lowest BCUT2D eigenvalue weighted by atomic mass is 10.1. The van der Waals surface area contributed by atoms with Gasteiger partial charge in [-0.2, -0.15) is 4.31 Å². The second kappa shape index (κ2) is 7.53. The Morgan fingerprint density at radius 3 is 2.33 bits per heavy atom. The van der Waals surface area contributed by atoms with Crippen LogP contribution in [-0.2, 0) is 14.8 Å². The van der Waals surface area contributed by atoms with Gasteiger partial charge in [0, 0.05) is 19.6 Å². The molecule has 0 aliphatic carbocycles. The van der Waals surface area contributed by atoms with Gasteiger partial charge in [0.25, 0.3) is 0 Å². The zero-order valence-corrected chi connectivity index (χ0v) is 16.3. The number of carbonyl (C=O) groups excluding carboxylic acids is 1. The Hall–Kier alpha value is -1.60. The molecule has 136 valence electrons. The van der Waals surface area contributed by atoms with Crippen molar-refractivity contribution in [3.63, 3.8) is 0 Å². The van der Waals surface area contributed by atoms with E-state index in [1.807, 2.05) is 13.8 Å². The van der Waals surface area contributed by atoms with Gasteiger partial charge in [0.15, 0.2) is 0 Å². The molecule has 1 amide bonds. The molecule has 0 saturated heterocycles. The summed E-state index contributed by atoms with van der Waals surface area (Å²) in [5.41, 5.74) is 1.36. The van der Waals surface area contributed by atoms with Crippen LogP contribution in [0.15, 0.2) is 23.1 Å². The number of aryl methyl sites for hydroxylation is 2. The first-order chi connectivity index (χ1) is 10.8. The van der Waals surface area contributed by atoms with Gasteiger partial charge in [-0.15, -0.1) is 0 Å². The molecule has 7 heteroatoms. The largest absolute Gasteiger partial charge is 0.444 e. The predicted molar refractivity (Wildman–Crippen MR) is 94.6 cm³/mol. The molecule has 1 atom stereocenters. The summed E-state index contributed by atoms with van der Waals surface area (Å²) < 4.78 is 31.7. The number of carbonyl (C=O) groups is 1. The number of hydrogen-bond acceptors (Lipinski definition) is 4. The lowest BCUT2D eigenvalue weighted by Gasteiger charge is -2.24. The standard InChI is InChI=1S/C17H28N2O4S/c1-12-8-9-15(10-13(12)2)24(21,22)19(7)11-14(3)18-16(20)23-17(4,5)6/h8-10,14H,11H2,1-7H3,(H,18,20)/t14-/m0/s1. The molecule has 0 aliphatic rings. The summed E-state index contributed by atoms with van der Waals surface area (Å²) in [4.78, 5) is 12.0.